The zero-order valence-electron chi connectivity index (χ0n) is 16.1. The molecule has 1 saturated carbocycles. The summed E-state index contributed by atoms with van der Waals surface area (Å²) >= 11 is 0. The smallest absolute Gasteiger partial charge is 0.255 e. The molecule has 6 N–H and O–H groups in total. The highest BCUT2D eigenvalue weighted by atomic mass is 16.5. The van der Waals surface area contributed by atoms with Gasteiger partial charge in [0.1, 0.15) is 22.8 Å². The zero-order valence-corrected chi connectivity index (χ0v) is 16.1. The number of phenolic OH excluding ortho intramolecular Hbond substituents is 1. The highest BCUT2D eigenvalue weighted by molar-refractivity contribution is 6.22. The number of ether oxygens (including phenoxy) is 1. The van der Waals surface area contributed by atoms with Crippen molar-refractivity contribution < 1.29 is 39.5 Å². The molecule has 1 fully saturated rings. The molecule has 158 valence electrons. The van der Waals surface area contributed by atoms with Gasteiger partial charge in [-0.1, -0.05) is 6.07 Å². The number of rotatable bonds is 3. The number of amides is 1. The summed E-state index contributed by atoms with van der Waals surface area (Å²) in [5.74, 6) is -6.35. The number of nitrogens with two attached hydrogens (primary N) is 1. The molecule has 9 nitrogen and oxygen atoms in total. The van der Waals surface area contributed by atoms with Crippen LogP contribution in [0.1, 0.15) is 29.5 Å². The first kappa shape index (κ1) is 20.1. The van der Waals surface area contributed by atoms with Crippen molar-refractivity contribution in [3.05, 3.63) is 45.7 Å². The minimum Gasteiger partial charge on any atom is -0.508 e. The maximum Gasteiger partial charge on any atom is 0.255 e. The molecule has 9 heteroatoms. The van der Waals surface area contributed by atoms with E-state index in [0.29, 0.717) is 5.56 Å². The van der Waals surface area contributed by atoms with Gasteiger partial charge in [-0.15, -0.1) is 0 Å². The summed E-state index contributed by atoms with van der Waals surface area (Å²) in [5.41, 5.74) is 3.05. The fraction of sp³-hybridized carbons (Fsp3) is 0.381. The molecule has 3 aliphatic carbocycles. The van der Waals surface area contributed by atoms with Crippen LogP contribution in [0.5, 0.6) is 5.75 Å². The van der Waals surface area contributed by atoms with Gasteiger partial charge in [-0.2, -0.15) is 0 Å². The van der Waals surface area contributed by atoms with Crippen LogP contribution in [-0.4, -0.2) is 50.6 Å². The first-order chi connectivity index (χ1) is 14.1. The number of ketones is 2. The van der Waals surface area contributed by atoms with Crippen LogP contribution in [-0.2, 0) is 32.1 Å². The molecule has 0 spiro atoms. The van der Waals surface area contributed by atoms with Gasteiger partial charge in [0.2, 0.25) is 5.78 Å². The Morgan fingerprint density at radius 1 is 1.23 bits per heavy atom. The van der Waals surface area contributed by atoms with E-state index in [0.717, 1.165) is 5.56 Å². The van der Waals surface area contributed by atoms with Crippen molar-refractivity contribution in [1.29, 1.82) is 0 Å². The number of primary amides is 1. The average molecular weight is 415 g/mol. The summed E-state index contributed by atoms with van der Waals surface area (Å²) in [6.45, 7) is 0.225. The number of methoxy groups -OCH3 is 1. The van der Waals surface area contributed by atoms with Crippen molar-refractivity contribution in [3.63, 3.8) is 0 Å². The second-order valence-corrected chi connectivity index (χ2v) is 7.94. The van der Waals surface area contributed by atoms with Crippen molar-refractivity contribution in [2.45, 2.75) is 31.5 Å². The number of aromatic hydroxyl groups is 1. The monoisotopic (exact) mass is 415 g/mol. The number of fused-ring (bicyclic) bond motifs is 3. The van der Waals surface area contributed by atoms with E-state index in [4.69, 9.17) is 10.5 Å². The van der Waals surface area contributed by atoms with E-state index in [9.17, 15) is 34.8 Å². The molecular weight excluding hydrogens is 394 g/mol. The number of carbonyl (C=O) groups is 3. The molecule has 30 heavy (non-hydrogen) atoms. The number of phenols is 1. The minimum atomic E-state index is -2.55. The van der Waals surface area contributed by atoms with Gasteiger partial charge in [0.05, 0.1) is 12.2 Å². The van der Waals surface area contributed by atoms with Gasteiger partial charge in [0.25, 0.3) is 5.91 Å². The summed E-state index contributed by atoms with van der Waals surface area (Å²) in [6, 6.07) is 3.03. The van der Waals surface area contributed by atoms with E-state index in [1.165, 1.54) is 13.2 Å². The van der Waals surface area contributed by atoms with Crippen LogP contribution in [0.3, 0.4) is 0 Å². The summed E-state index contributed by atoms with van der Waals surface area (Å²) < 4.78 is 5.18. The van der Waals surface area contributed by atoms with E-state index in [1.54, 1.807) is 6.07 Å². The third-order valence-corrected chi connectivity index (χ3v) is 6.34. The van der Waals surface area contributed by atoms with Crippen molar-refractivity contribution in [1.82, 2.24) is 0 Å². The number of Topliss-reactive ketones (excluding diaryl/α,β-unsaturated/α-hetero) is 2. The van der Waals surface area contributed by atoms with Gasteiger partial charge in [0, 0.05) is 25.0 Å². The molecular formula is C21H21NO8. The van der Waals surface area contributed by atoms with Crippen LogP contribution in [0.15, 0.2) is 29.0 Å². The molecule has 0 aliphatic heterocycles. The van der Waals surface area contributed by atoms with Crippen LogP contribution in [0.25, 0.3) is 5.76 Å². The zero-order chi connectivity index (χ0) is 22.0. The lowest BCUT2D eigenvalue weighted by atomic mass is 9.59. The second-order valence-electron chi connectivity index (χ2n) is 7.94. The number of carbonyl (C=O) groups excluding carboxylic acids is 3. The highest BCUT2D eigenvalue weighted by Crippen LogP contribution is 2.52. The van der Waals surface area contributed by atoms with Crippen molar-refractivity contribution in [2.24, 2.45) is 17.6 Å². The Bertz CT molecular complexity index is 1070. The Balaban J connectivity index is 1.92. The molecule has 3 atom stereocenters. The standard InChI is InChI=1S/C21H21NO8/c1-30-7-8-2-3-12(23)15-11(8)5-9-4-10-6-13(24)16(20(22)28)19(27)21(10,29)18(26)14(9)17(15)25/h2-3,9-10,23,25,27,29H,4-7H2,1H3,(H2,22,28). The maximum atomic E-state index is 13.3. The van der Waals surface area contributed by atoms with Crippen molar-refractivity contribution >= 4 is 23.2 Å². The van der Waals surface area contributed by atoms with Crippen LogP contribution in [0.2, 0.25) is 0 Å². The highest BCUT2D eigenvalue weighted by Gasteiger charge is 2.60. The lowest BCUT2D eigenvalue weighted by Gasteiger charge is -2.46. The van der Waals surface area contributed by atoms with Crippen LogP contribution >= 0.6 is 0 Å². The predicted molar refractivity (Wildman–Crippen MR) is 102 cm³/mol. The Kier molecular flexibility index (Phi) is 4.48. The topological polar surface area (TPSA) is 167 Å². The van der Waals surface area contributed by atoms with Crippen molar-refractivity contribution in [2.75, 3.05) is 7.11 Å². The molecule has 4 rings (SSSR count). The van der Waals surface area contributed by atoms with E-state index in [1.807, 2.05) is 0 Å². The normalized spacial score (nSPS) is 28.2. The number of hydrogen-bond donors (Lipinski definition) is 5. The van der Waals surface area contributed by atoms with Crippen molar-refractivity contribution in [3.8, 4) is 5.75 Å². The summed E-state index contributed by atoms with van der Waals surface area (Å²) in [6.07, 6.45) is 0.0272. The SMILES string of the molecule is COCc1ccc(O)c2c1CC1CC3CC(=O)C(C(N)=O)=C(O)C3(O)C(=O)C1=C2O. The number of aliphatic hydroxyl groups is 3. The minimum absolute atomic E-state index is 0.0664. The van der Waals surface area contributed by atoms with E-state index >= 15 is 0 Å². The third-order valence-electron chi connectivity index (χ3n) is 6.34. The van der Waals surface area contributed by atoms with Crippen LogP contribution in [0, 0.1) is 11.8 Å². The molecule has 3 unspecified atom stereocenters. The van der Waals surface area contributed by atoms with Gasteiger partial charge in [-0.3, -0.25) is 14.4 Å². The molecule has 1 aromatic rings. The molecule has 1 amide bonds. The largest absolute Gasteiger partial charge is 0.508 e. The lowest BCUT2D eigenvalue weighted by molar-refractivity contribution is -0.147. The first-order valence-corrected chi connectivity index (χ1v) is 9.42. The number of hydrogen-bond acceptors (Lipinski definition) is 8. The molecule has 0 heterocycles. The van der Waals surface area contributed by atoms with Crippen LogP contribution in [0.4, 0.5) is 0 Å². The average Bonchev–Trinajstić information content (AvgIpc) is 2.66. The molecule has 0 saturated heterocycles. The molecule has 0 aromatic heterocycles. The Labute approximate surface area is 171 Å². The Hall–Kier alpha value is -3.17. The third kappa shape index (κ3) is 2.52. The van der Waals surface area contributed by atoms with Gasteiger partial charge in [-0.05, 0) is 36.0 Å². The lowest BCUT2D eigenvalue weighted by Crippen LogP contribution is -2.58. The Morgan fingerprint density at radius 2 is 1.93 bits per heavy atom. The molecule has 3 aliphatic rings. The van der Waals surface area contributed by atoms with Gasteiger partial charge < -0.3 is 30.9 Å². The van der Waals surface area contributed by atoms with E-state index < -0.39 is 52.0 Å². The predicted octanol–water partition coefficient (Wildman–Crippen LogP) is 0.570. The quantitative estimate of drug-likeness (QED) is 0.447. The summed E-state index contributed by atoms with van der Waals surface area (Å²) in [4.78, 5) is 37.2. The van der Waals surface area contributed by atoms with E-state index in [2.05, 4.69) is 0 Å². The van der Waals surface area contributed by atoms with Gasteiger partial charge in [-0.25, -0.2) is 0 Å². The first-order valence-electron chi connectivity index (χ1n) is 9.42. The fourth-order valence-corrected chi connectivity index (χ4v) is 4.98. The second kappa shape index (κ2) is 6.68. The maximum absolute atomic E-state index is 13.3. The van der Waals surface area contributed by atoms with E-state index in [-0.39, 0.29) is 42.8 Å². The molecule has 0 radical (unpaired) electrons. The summed E-state index contributed by atoms with van der Waals surface area (Å²) in [7, 11) is 1.51. The molecule has 1 aromatic carbocycles. The Morgan fingerprint density at radius 3 is 2.57 bits per heavy atom. The summed E-state index contributed by atoms with van der Waals surface area (Å²) in [5, 5.41) is 42.9. The van der Waals surface area contributed by atoms with Gasteiger partial charge >= 0.3 is 0 Å². The number of benzene rings is 1. The van der Waals surface area contributed by atoms with Gasteiger partial charge in [0.15, 0.2) is 11.4 Å². The number of aliphatic hydroxyl groups excluding tert-OH is 2. The molecule has 0 bridgehead atoms. The van der Waals surface area contributed by atoms with Crippen LogP contribution < -0.4 is 5.73 Å². The fourth-order valence-electron chi connectivity index (χ4n) is 4.98.